The van der Waals surface area contributed by atoms with Crippen LogP contribution in [0.1, 0.15) is 42.7 Å². The molecule has 5 heteroatoms. The van der Waals surface area contributed by atoms with Gasteiger partial charge >= 0.3 is 0 Å². The first-order valence-electron chi connectivity index (χ1n) is 8.22. The zero-order chi connectivity index (χ0) is 15.4. The summed E-state index contributed by atoms with van der Waals surface area (Å²) in [5.41, 5.74) is 2.24. The molecule has 1 atom stereocenters. The fraction of sp³-hybridized carbons (Fsp3) is 0.588. The molecule has 2 aromatic heterocycles. The van der Waals surface area contributed by atoms with Crippen LogP contribution in [0.5, 0.6) is 0 Å². The smallest absolute Gasteiger partial charge is 0.102 e. The summed E-state index contributed by atoms with van der Waals surface area (Å²) in [6, 6.07) is 7.08. The Hall–Kier alpha value is -1.17. The minimum Gasteiger partial charge on any atom is -0.396 e. The Bertz CT molecular complexity index is 592. The van der Waals surface area contributed by atoms with Gasteiger partial charge in [-0.05, 0) is 57.4 Å². The van der Waals surface area contributed by atoms with Gasteiger partial charge in [-0.15, -0.1) is 11.3 Å². The number of hydrogen-bond donors (Lipinski definition) is 2. The molecule has 0 spiro atoms. The lowest BCUT2D eigenvalue weighted by molar-refractivity contribution is 0.122. The molecular formula is C17H25N3OS. The van der Waals surface area contributed by atoms with E-state index < -0.39 is 0 Å². The van der Waals surface area contributed by atoms with Gasteiger partial charge in [-0.25, -0.2) is 0 Å². The highest BCUT2D eigenvalue weighted by molar-refractivity contribution is 7.15. The van der Waals surface area contributed by atoms with Gasteiger partial charge < -0.3 is 5.11 Å². The number of nitrogens with zero attached hydrogens (tertiary/aromatic N) is 2. The Labute approximate surface area is 136 Å². The van der Waals surface area contributed by atoms with Crippen LogP contribution >= 0.6 is 11.3 Å². The third-order valence-corrected chi connectivity index (χ3v) is 5.46. The van der Waals surface area contributed by atoms with Crippen molar-refractivity contribution in [3.05, 3.63) is 28.8 Å². The average Bonchev–Trinajstić information content (AvgIpc) is 3.15. The van der Waals surface area contributed by atoms with Crippen LogP contribution in [-0.2, 0) is 6.54 Å². The Balaban J connectivity index is 1.65. The lowest BCUT2D eigenvalue weighted by atomic mass is 9.98. The van der Waals surface area contributed by atoms with E-state index in [1.165, 1.54) is 34.7 Å². The topological polar surface area (TPSA) is 52.1 Å². The number of H-pyrrole nitrogens is 1. The lowest BCUT2D eigenvalue weighted by Crippen LogP contribution is -2.39. The van der Waals surface area contributed by atoms with Crippen LogP contribution in [0.2, 0.25) is 0 Å². The maximum atomic E-state index is 9.07. The molecular weight excluding hydrogens is 294 g/mol. The van der Waals surface area contributed by atoms with E-state index in [2.05, 4.69) is 40.2 Å². The monoisotopic (exact) mass is 319 g/mol. The zero-order valence-corrected chi connectivity index (χ0v) is 14.0. The molecule has 1 saturated heterocycles. The first kappa shape index (κ1) is 15.7. The van der Waals surface area contributed by atoms with Crippen molar-refractivity contribution in [2.45, 2.75) is 51.6 Å². The molecule has 120 valence electrons. The van der Waals surface area contributed by atoms with Gasteiger partial charge in [-0.1, -0.05) is 6.42 Å². The summed E-state index contributed by atoms with van der Waals surface area (Å²) in [5, 5.41) is 16.7. The van der Waals surface area contributed by atoms with Gasteiger partial charge in [0.1, 0.15) is 5.69 Å². The van der Waals surface area contributed by atoms with Gasteiger partial charge in [0.25, 0.3) is 0 Å². The quantitative estimate of drug-likeness (QED) is 0.856. The van der Waals surface area contributed by atoms with Crippen LogP contribution in [0.3, 0.4) is 0 Å². The molecule has 22 heavy (non-hydrogen) atoms. The van der Waals surface area contributed by atoms with E-state index >= 15 is 0 Å². The predicted octanol–water partition coefficient (Wildman–Crippen LogP) is 3.57. The van der Waals surface area contributed by atoms with Crippen molar-refractivity contribution >= 4 is 11.3 Å². The van der Waals surface area contributed by atoms with Crippen LogP contribution in [0.25, 0.3) is 10.6 Å². The van der Waals surface area contributed by atoms with Crippen molar-refractivity contribution in [3.63, 3.8) is 0 Å². The van der Waals surface area contributed by atoms with E-state index in [-0.39, 0.29) is 0 Å². The largest absolute Gasteiger partial charge is 0.396 e. The molecule has 0 bridgehead atoms. The van der Waals surface area contributed by atoms with Crippen LogP contribution in [0, 0.1) is 6.92 Å². The van der Waals surface area contributed by atoms with Crippen molar-refractivity contribution in [1.82, 2.24) is 15.1 Å². The van der Waals surface area contributed by atoms with Crippen molar-refractivity contribution in [1.29, 1.82) is 0 Å². The normalized spacial score (nSPS) is 19.6. The molecule has 4 nitrogen and oxygen atoms in total. The lowest BCUT2D eigenvalue weighted by Gasteiger charge is -2.35. The van der Waals surface area contributed by atoms with Crippen LogP contribution in [0.4, 0.5) is 0 Å². The minimum absolute atomic E-state index is 0.302. The first-order chi connectivity index (χ1) is 10.8. The van der Waals surface area contributed by atoms with Gasteiger partial charge in [0.15, 0.2) is 0 Å². The third kappa shape index (κ3) is 3.77. The molecule has 3 rings (SSSR count). The fourth-order valence-corrected chi connectivity index (χ4v) is 4.11. The van der Waals surface area contributed by atoms with Crippen LogP contribution < -0.4 is 0 Å². The number of piperidine rings is 1. The minimum atomic E-state index is 0.302. The fourth-order valence-electron chi connectivity index (χ4n) is 3.28. The highest BCUT2D eigenvalue weighted by Gasteiger charge is 2.22. The van der Waals surface area contributed by atoms with E-state index in [1.807, 2.05) is 0 Å². The van der Waals surface area contributed by atoms with Gasteiger partial charge in [0.05, 0.1) is 4.88 Å². The molecule has 0 aromatic carbocycles. The van der Waals surface area contributed by atoms with Crippen LogP contribution in [0.15, 0.2) is 18.2 Å². The average molecular weight is 319 g/mol. The number of likely N-dealkylation sites (tertiary alicyclic amines) is 1. The standard InChI is InChI=1S/C17H25N3OS/c1-13-7-8-17(22-13)16-11-14(18-19-16)12-20-9-3-2-5-15(20)6-4-10-21/h7-8,11,15,21H,2-6,9-10,12H2,1H3,(H,18,19). The third-order valence-electron chi connectivity index (χ3n) is 4.44. The SMILES string of the molecule is Cc1ccc(-c2cc(CN3CCCCC3CCCO)[nH]n2)s1. The molecule has 0 radical (unpaired) electrons. The summed E-state index contributed by atoms with van der Waals surface area (Å²) in [4.78, 5) is 5.10. The van der Waals surface area contributed by atoms with E-state index in [1.54, 1.807) is 11.3 Å². The molecule has 1 aliphatic rings. The summed E-state index contributed by atoms with van der Waals surface area (Å²) < 4.78 is 0. The number of nitrogens with one attached hydrogen (secondary N) is 1. The summed E-state index contributed by atoms with van der Waals surface area (Å²) in [6.07, 6.45) is 5.85. The molecule has 0 aliphatic carbocycles. The van der Waals surface area contributed by atoms with E-state index in [0.717, 1.165) is 31.6 Å². The highest BCUT2D eigenvalue weighted by Crippen LogP contribution is 2.28. The second kappa shape index (κ2) is 7.40. The molecule has 0 saturated carbocycles. The zero-order valence-electron chi connectivity index (χ0n) is 13.2. The number of aromatic nitrogens is 2. The maximum absolute atomic E-state index is 9.07. The Kier molecular flexibility index (Phi) is 5.28. The number of rotatable bonds is 6. The summed E-state index contributed by atoms with van der Waals surface area (Å²) in [6.45, 7) is 4.52. The first-order valence-corrected chi connectivity index (χ1v) is 9.04. The van der Waals surface area contributed by atoms with Crippen molar-refractivity contribution in [3.8, 4) is 10.6 Å². The van der Waals surface area contributed by atoms with E-state index in [9.17, 15) is 0 Å². The summed E-state index contributed by atoms with van der Waals surface area (Å²) in [7, 11) is 0. The van der Waals surface area contributed by atoms with Crippen molar-refractivity contribution in [2.75, 3.05) is 13.2 Å². The summed E-state index contributed by atoms with van der Waals surface area (Å²) in [5.74, 6) is 0. The van der Waals surface area contributed by atoms with Crippen LogP contribution in [-0.4, -0.2) is 39.4 Å². The number of aryl methyl sites for hydroxylation is 1. The number of aliphatic hydroxyl groups excluding tert-OH is 1. The summed E-state index contributed by atoms with van der Waals surface area (Å²) >= 11 is 1.79. The van der Waals surface area contributed by atoms with Gasteiger partial charge in [0.2, 0.25) is 0 Å². The van der Waals surface area contributed by atoms with E-state index in [0.29, 0.717) is 12.6 Å². The highest BCUT2D eigenvalue weighted by atomic mass is 32.1. The van der Waals surface area contributed by atoms with Gasteiger partial charge in [0, 0.05) is 29.8 Å². The Morgan fingerprint density at radius 3 is 3.09 bits per heavy atom. The maximum Gasteiger partial charge on any atom is 0.102 e. The van der Waals surface area contributed by atoms with Gasteiger partial charge in [-0.2, -0.15) is 5.10 Å². The van der Waals surface area contributed by atoms with E-state index in [4.69, 9.17) is 5.11 Å². The molecule has 1 aliphatic heterocycles. The Morgan fingerprint density at radius 2 is 2.32 bits per heavy atom. The Morgan fingerprint density at radius 1 is 1.41 bits per heavy atom. The second-order valence-corrected chi connectivity index (χ2v) is 7.46. The molecule has 0 amide bonds. The molecule has 2 aromatic rings. The number of thiophene rings is 1. The number of aliphatic hydroxyl groups is 1. The molecule has 1 unspecified atom stereocenters. The van der Waals surface area contributed by atoms with Gasteiger partial charge in [-0.3, -0.25) is 10.00 Å². The number of hydrogen-bond acceptors (Lipinski definition) is 4. The molecule has 1 fully saturated rings. The van der Waals surface area contributed by atoms with Crippen molar-refractivity contribution < 1.29 is 5.11 Å². The molecule has 3 heterocycles. The number of aromatic amines is 1. The second-order valence-electron chi connectivity index (χ2n) is 6.17. The molecule has 2 N–H and O–H groups in total. The van der Waals surface area contributed by atoms with Crippen molar-refractivity contribution in [2.24, 2.45) is 0 Å². The predicted molar refractivity (Wildman–Crippen MR) is 91.0 cm³/mol.